The highest BCUT2D eigenvalue weighted by molar-refractivity contribution is 6.19. The average molecular weight is 407 g/mol. The minimum atomic E-state index is -0.833. The molecular formula is C21H17N3O6. The number of Topliss-reactive ketones (excluding diaryl/α,β-unsaturated/α-hetero) is 1. The monoisotopic (exact) mass is 407 g/mol. The summed E-state index contributed by atoms with van der Waals surface area (Å²) in [7, 11) is 1.58. The van der Waals surface area contributed by atoms with E-state index in [1.807, 2.05) is 18.2 Å². The Bertz CT molecular complexity index is 1090. The second-order valence-corrected chi connectivity index (χ2v) is 6.22. The zero-order chi connectivity index (χ0) is 20.9. The molecule has 0 saturated carbocycles. The fourth-order valence-electron chi connectivity index (χ4n) is 2.74. The number of hydrogen-bond acceptors (Lipinski definition) is 9. The first-order valence-corrected chi connectivity index (χ1v) is 9.00. The summed E-state index contributed by atoms with van der Waals surface area (Å²) in [6.07, 6.45) is 0. The average Bonchev–Trinajstić information content (AvgIpc) is 3.40. The number of para-hydroxylation sites is 1. The summed E-state index contributed by atoms with van der Waals surface area (Å²) in [5, 5.41) is 6.78. The molecule has 0 fully saturated rings. The SMILES string of the molecule is COc1ccc(-c2noc(COC(=O)C3=C(Nc4ccccc4)OCC3=O)n2)cc1. The maximum Gasteiger partial charge on any atom is 0.347 e. The zero-order valence-electron chi connectivity index (χ0n) is 16.0. The van der Waals surface area contributed by atoms with Crippen molar-refractivity contribution in [2.45, 2.75) is 6.61 Å². The van der Waals surface area contributed by atoms with Crippen molar-refractivity contribution < 1.29 is 28.3 Å². The summed E-state index contributed by atoms with van der Waals surface area (Å²) >= 11 is 0. The van der Waals surface area contributed by atoms with Gasteiger partial charge in [-0.3, -0.25) is 4.79 Å². The van der Waals surface area contributed by atoms with Crippen LogP contribution in [0.2, 0.25) is 0 Å². The van der Waals surface area contributed by atoms with Gasteiger partial charge in [0.25, 0.3) is 5.89 Å². The van der Waals surface area contributed by atoms with Gasteiger partial charge in [0, 0.05) is 11.3 Å². The maximum atomic E-state index is 12.5. The Morgan fingerprint density at radius 1 is 1.13 bits per heavy atom. The third-order valence-electron chi connectivity index (χ3n) is 4.23. The van der Waals surface area contributed by atoms with Gasteiger partial charge in [-0.2, -0.15) is 4.98 Å². The van der Waals surface area contributed by atoms with E-state index >= 15 is 0 Å². The molecule has 9 nitrogen and oxygen atoms in total. The van der Waals surface area contributed by atoms with Gasteiger partial charge >= 0.3 is 5.97 Å². The van der Waals surface area contributed by atoms with Crippen LogP contribution in [0.5, 0.6) is 5.75 Å². The molecule has 1 aliphatic rings. The van der Waals surface area contributed by atoms with Crippen LogP contribution in [0.3, 0.4) is 0 Å². The van der Waals surface area contributed by atoms with E-state index in [4.69, 9.17) is 18.7 Å². The van der Waals surface area contributed by atoms with E-state index in [0.29, 0.717) is 22.8 Å². The lowest BCUT2D eigenvalue weighted by molar-refractivity contribution is -0.142. The number of anilines is 1. The molecule has 1 aliphatic heterocycles. The van der Waals surface area contributed by atoms with Crippen molar-refractivity contribution in [3.63, 3.8) is 0 Å². The predicted octanol–water partition coefficient (Wildman–Crippen LogP) is 2.71. The van der Waals surface area contributed by atoms with Crippen molar-refractivity contribution in [2.24, 2.45) is 0 Å². The Labute approximate surface area is 171 Å². The molecule has 152 valence electrons. The fourth-order valence-corrected chi connectivity index (χ4v) is 2.74. The molecule has 0 radical (unpaired) electrons. The van der Waals surface area contributed by atoms with Gasteiger partial charge in [0.2, 0.25) is 17.5 Å². The number of carbonyl (C=O) groups is 2. The molecule has 1 N–H and O–H groups in total. The smallest absolute Gasteiger partial charge is 0.347 e. The van der Waals surface area contributed by atoms with Crippen molar-refractivity contribution in [1.82, 2.24) is 10.1 Å². The standard InChI is InChI=1S/C21H17N3O6/c1-27-15-9-7-13(8-10-15)19-23-17(30-24-19)12-29-21(26)18-16(25)11-28-20(18)22-14-5-3-2-4-6-14/h2-10,22H,11-12H2,1H3. The number of ketones is 1. The molecule has 9 heteroatoms. The van der Waals surface area contributed by atoms with Crippen LogP contribution >= 0.6 is 0 Å². The minimum absolute atomic E-state index is 0.0562. The van der Waals surface area contributed by atoms with Gasteiger partial charge in [0.15, 0.2) is 18.8 Å². The van der Waals surface area contributed by atoms with Crippen LogP contribution in [-0.2, 0) is 25.7 Å². The Morgan fingerprint density at radius 2 is 1.90 bits per heavy atom. The number of nitrogens with zero attached hydrogens (tertiary/aromatic N) is 2. The first-order valence-electron chi connectivity index (χ1n) is 9.00. The van der Waals surface area contributed by atoms with Gasteiger partial charge < -0.3 is 24.1 Å². The molecule has 2 aromatic carbocycles. The molecule has 1 aromatic heterocycles. The highest BCUT2D eigenvalue weighted by atomic mass is 16.6. The van der Waals surface area contributed by atoms with Crippen molar-refractivity contribution in [1.29, 1.82) is 0 Å². The summed E-state index contributed by atoms with van der Waals surface area (Å²) in [4.78, 5) is 28.7. The number of ether oxygens (including phenoxy) is 3. The summed E-state index contributed by atoms with van der Waals surface area (Å²) in [5.41, 5.74) is 1.20. The van der Waals surface area contributed by atoms with E-state index in [0.717, 1.165) is 0 Å². The largest absolute Gasteiger partial charge is 0.497 e. The lowest BCUT2D eigenvalue weighted by Crippen LogP contribution is -2.16. The Morgan fingerprint density at radius 3 is 2.63 bits per heavy atom. The highest BCUT2D eigenvalue weighted by Crippen LogP contribution is 2.22. The van der Waals surface area contributed by atoms with Crippen molar-refractivity contribution >= 4 is 17.4 Å². The van der Waals surface area contributed by atoms with Crippen molar-refractivity contribution in [3.05, 3.63) is 71.9 Å². The molecule has 30 heavy (non-hydrogen) atoms. The van der Waals surface area contributed by atoms with Gasteiger partial charge in [0.1, 0.15) is 5.75 Å². The highest BCUT2D eigenvalue weighted by Gasteiger charge is 2.32. The first-order chi connectivity index (χ1) is 14.6. The van der Waals surface area contributed by atoms with Crippen molar-refractivity contribution in [2.75, 3.05) is 19.0 Å². The molecule has 0 saturated heterocycles. The third kappa shape index (κ3) is 4.14. The van der Waals surface area contributed by atoms with Crippen LogP contribution in [0.4, 0.5) is 5.69 Å². The fraction of sp³-hybridized carbons (Fsp3) is 0.143. The summed E-state index contributed by atoms with van der Waals surface area (Å²) in [6, 6.07) is 16.1. The molecule has 0 bridgehead atoms. The van der Waals surface area contributed by atoms with Gasteiger partial charge in [-0.1, -0.05) is 23.4 Å². The number of aromatic nitrogens is 2. The van der Waals surface area contributed by atoms with E-state index in [1.54, 1.807) is 43.5 Å². The maximum absolute atomic E-state index is 12.5. The second-order valence-electron chi connectivity index (χ2n) is 6.22. The quantitative estimate of drug-likeness (QED) is 0.466. The van der Waals surface area contributed by atoms with E-state index in [9.17, 15) is 9.59 Å². The predicted molar refractivity (Wildman–Crippen MR) is 104 cm³/mol. The number of benzene rings is 2. The van der Waals surface area contributed by atoms with Crippen molar-refractivity contribution in [3.8, 4) is 17.1 Å². The summed E-state index contributed by atoms with van der Waals surface area (Å²) in [6.45, 7) is -0.515. The first kappa shape index (κ1) is 19.2. The molecular weight excluding hydrogens is 390 g/mol. The minimum Gasteiger partial charge on any atom is -0.497 e. The molecule has 0 aliphatic carbocycles. The Kier molecular flexibility index (Phi) is 5.42. The number of methoxy groups -OCH3 is 1. The Hall–Kier alpha value is -4.14. The zero-order valence-corrected chi connectivity index (χ0v) is 16.0. The van der Waals surface area contributed by atoms with Gasteiger partial charge in [0.05, 0.1) is 7.11 Å². The molecule has 2 heterocycles. The van der Waals surface area contributed by atoms with E-state index in [-0.39, 0.29) is 30.6 Å². The van der Waals surface area contributed by atoms with Crippen LogP contribution in [-0.4, -0.2) is 35.6 Å². The third-order valence-corrected chi connectivity index (χ3v) is 4.23. The van der Waals surface area contributed by atoms with Gasteiger partial charge in [-0.05, 0) is 36.4 Å². The normalized spacial score (nSPS) is 13.2. The molecule has 0 spiro atoms. The Balaban J connectivity index is 1.43. The summed E-state index contributed by atoms with van der Waals surface area (Å²) < 4.78 is 20.7. The second kappa shape index (κ2) is 8.48. The molecule has 3 aromatic rings. The number of carbonyl (C=O) groups excluding carboxylic acids is 2. The van der Waals surface area contributed by atoms with Crippen LogP contribution in [0.25, 0.3) is 11.4 Å². The summed E-state index contributed by atoms with van der Waals surface area (Å²) in [5.74, 6) is -0.106. The number of esters is 1. The van der Waals surface area contributed by atoms with Gasteiger partial charge in [-0.15, -0.1) is 0 Å². The van der Waals surface area contributed by atoms with Crippen LogP contribution < -0.4 is 10.1 Å². The number of hydrogen-bond donors (Lipinski definition) is 1. The molecule has 4 rings (SSSR count). The van der Waals surface area contributed by atoms with E-state index < -0.39 is 11.8 Å². The van der Waals surface area contributed by atoms with E-state index in [2.05, 4.69) is 15.5 Å². The van der Waals surface area contributed by atoms with Gasteiger partial charge in [-0.25, -0.2) is 4.79 Å². The number of rotatable bonds is 7. The lowest BCUT2D eigenvalue weighted by atomic mass is 10.2. The number of nitrogens with one attached hydrogen (secondary N) is 1. The van der Waals surface area contributed by atoms with Crippen LogP contribution in [0, 0.1) is 0 Å². The molecule has 0 atom stereocenters. The molecule has 0 unspecified atom stereocenters. The topological polar surface area (TPSA) is 113 Å². The van der Waals surface area contributed by atoms with E-state index in [1.165, 1.54) is 0 Å². The van der Waals surface area contributed by atoms with Crippen LogP contribution in [0.15, 0.2) is 70.6 Å². The lowest BCUT2D eigenvalue weighted by Gasteiger charge is -2.08. The van der Waals surface area contributed by atoms with Crippen LogP contribution in [0.1, 0.15) is 5.89 Å². The molecule has 0 amide bonds.